The van der Waals surface area contributed by atoms with E-state index in [0.717, 1.165) is 35.9 Å². The van der Waals surface area contributed by atoms with Crippen molar-refractivity contribution in [1.82, 2.24) is 9.55 Å². The molecule has 3 aromatic rings. The lowest BCUT2D eigenvalue weighted by Gasteiger charge is -2.18. The maximum atomic E-state index is 14.0. The van der Waals surface area contributed by atoms with Crippen LogP contribution in [0.15, 0.2) is 59.9 Å². The number of benzene rings is 2. The molecule has 0 bridgehead atoms. The van der Waals surface area contributed by atoms with Gasteiger partial charge in [0, 0.05) is 11.6 Å². The van der Waals surface area contributed by atoms with Gasteiger partial charge in [0.15, 0.2) is 5.16 Å². The number of amides is 1. The number of anilines is 1. The Labute approximate surface area is 190 Å². The van der Waals surface area contributed by atoms with Gasteiger partial charge in [-0.25, -0.2) is 9.37 Å². The Morgan fingerprint density at radius 2 is 2.16 bits per heavy atom. The average molecular weight is 460 g/mol. The minimum absolute atomic E-state index is 0.106. The van der Waals surface area contributed by atoms with Crippen molar-refractivity contribution in [3.05, 3.63) is 65.6 Å². The van der Waals surface area contributed by atoms with Crippen LogP contribution in [0, 0.1) is 5.82 Å². The van der Waals surface area contributed by atoms with Crippen LogP contribution in [0.25, 0.3) is 11.3 Å². The van der Waals surface area contributed by atoms with E-state index in [9.17, 15) is 9.18 Å². The topological polar surface area (TPSA) is 56.2 Å². The summed E-state index contributed by atoms with van der Waals surface area (Å²) < 4.78 is 22.0. The highest BCUT2D eigenvalue weighted by Crippen LogP contribution is 2.31. The third-order valence-corrected chi connectivity index (χ3v) is 6.48. The first-order chi connectivity index (χ1) is 15.0. The number of thioether (sulfide) groups is 1. The van der Waals surface area contributed by atoms with Crippen LogP contribution >= 0.6 is 23.4 Å². The van der Waals surface area contributed by atoms with E-state index in [-0.39, 0.29) is 22.7 Å². The third kappa shape index (κ3) is 5.29. The van der Waals surface area contributed by atoms with Gasteiger partial charge in [-0.15, -0.1) is 0 Å². The van der Waals surface area contributed by atoms with Gasteiger partial charge in [-0.2, -0.15) is 0 Å². The van der Waals surface area contributed by atoms with Gasteiger partial charge >= 0.3 is 0 Å². The summed E-state index contributed by atoms with van der Waals surface area (Å²) in [5.41, 5.74) is 2.14. The maximum Gasteiger partial charge on any atom is 0.237 e. The van der Waals surface area contributed by atoms with E-state index in [4.69, 9.17) is 16.3 Å². The Morgan fingerprint density at radius 1 is 1.35 bits per heavy atom. The number of nitrogens with zero attached hydrogens (tertiary/aromatic N) is 2. The molecule has 4 rings (SSSR count). The Kier molecular flexibility index (Phi) is 6.95. The molecule has 2 aromatic carbocycles. The minimum atomic E-state index is -0.565. The Bertz CT molecular complexity index is 1050. The number of aromatic nitrogens is 2. The van der Waals surface area contributed by atoms with Gasteiger partial charge in [0.1, 0.15) is 5.82 Å². The maximum absolute atomic E-state index is 14.0. The molecule has 0 saturated carbocycles. The number of carbonyl (C=O) groups excluding carboxylic acids is 1. The summed E-state index contributed by atoms with van der Waals surface area (Å²) in [7, 11) is 0. The van der Waals surface area contributed by atoms with E-state index in [1.807, 2.05) is 36.5 Å². The summed E-state index contributed by atoms with van der Waals surface area (Å²) in [5, 5.41) is 3.16. The molecule has 8 heteroatoms. The molecule has 1 aliphatic rings. The number of hydrogen-bond acceptors (Lipinski definition) is 4. The monoisotopic (exact) mass is 459 g/mol. The second-order valence-corrected chi connectivity index (χ2v) is 9.16. The van der Waals surface area contributed by atoms with Gasteiger partial charge in [0.25, 0.3) is 0 Å². The van der Waals surface area contributed by atoms with E-state index in [2.05, 4.69) is 14.9 Å². The Balaban J connectivity index is 1.53. The summed E-state index contributed by atoms with van der Waals surface area (Å²) in [4.78, 5) is 17.3. The van der Waals surface area contributed by atoms with E-state index >= 15 is 0 Å². The van der Waals surface area contributed by atoms with E-state index in [1.54, 1.807) is 13.0 Å². The number of halogens is 2. The van der Waals surface area contributed by atoms with Crippen molar-refractivity contribution >= 4 is 35.0 Å². The zero-order valence-electron chi connectivity index (χ0n) is 17.1. The Morgan fingerprint density at radius 3 is 2.87 bits per heavy atom. The van der Waals surface area contributed by atoms with Gasteiger partial charge in [0.05, 0.1) is 35.5 Å². The van der Waals surface area contributed by atoms with Gasteiger partial charge in [0.2, 0.25) is 5.91 Å². The molecule has 0 radical (unpaired) electrons. The minimum Gasteiger partial charge on any atom is -0.376 e. The molecule has 0 aliphatic carbocycles. The van der Waals surface area contributed by atoms with Crippen molar-refractivity contribution in [3.63, 3.8) is 0 Å². The second kappa shape index (κ2) is 9.85. The van der Waals surface area contributed by atoms with Crippen LogP contribution < -0.4 is 5.32 Å². The van der Waals surface area contributed by atoms with Gasteiger partial charge in [-0.1, -0.05) is 53.7 Å². The van der Waals surface area contributed by atoms with Crippen molar-refractivity contribution in [1.29, 1.82) is 0 Å². The third-order valence-electron chi connectivity index (χ3n) is 5.14. The summed E-state index contributed by atoms with van der Waals surface area (Å²) in [6, 6.07) is 14.2. The molecule has 31 heavy (non-hydrogen) atoms. The number of rotatable bonds is 7. The highest BCUT2D eigenvalue weighted by Gasteiger charge is 2.24. The van der Waals surface area contributed by atoms with Crippen molar-refractivity contribution in [3.8, 4) is 11.3 Å². The molecular weight excluding hydrogens is 437 g/mol. The predicted molar refractivity (Wildman–Crippen MR) is 122 cm³/mol. The number of ether oxygens (including phenoxy) is 1. The molecule has 1 saturated heterocycles. The average Bonchev–Trinajstić information content (AvgIpc) is 3.41. The van der Waals surface area contributed by atoms with Crippen molar-refractivity contribution < 1.29 is 13.9 Å². The predicted octanol–water partition coefficient (Wildman–Crippen LogP) is 5.64. The van der Waals surface area contributed by atoms with Crippen LogP contribution in [0.1, 0.15) is 19.8 Å². The molecule has 1 aliphatic heterocycles. The number of imidazole rings is 1. The number of nitrogens with one attached hydrogen (secondary N) is 1. The summed E-state index contributed by atoms with van der Waals surface area (Å²) in [5.74, 6) is -0.872. The molecule has 2 atom stereocenters. The standard InChI is InChI=1S/C23H23ClFN3O2S/c1-15(22(29)27-20-10-9-17(24)12-19(20)25)31-23-26-13-21(16-6-3-2-4-7-16)28(23)14-18-8-5-11-30-18/h2-4,6-7,9-10,12-13,15,18H,5,8,11,14H2,1H3,(H,27,29). The summed E-state index contributed by atoms with van der Waals surface area (Å²) in [6.45, 7) is 3.22. The van der Waals surface area contributed by atoms with Gasteiger partial charge in [-0.3, -0.25) is 4.79 Å². The largest absolute Gasteiger partial charge is 0.376 e. The molecule has 1 amide bonds. The highest BCUT2D eigenvalue weighted by atomic mass is 35.5. The van der Waals surface area contributed by atoms with E-state index in [1.165, 1.54) is 23.9 Å². The van der Waals surface area contributed by atoms with Crippen LogP contribution in [0.2, 0.25) is 5.02 Å². The Hall–Kier alpha value is -2.35. The number of hydrogen-bond donors (Lipinski definition) is 1. The van der Waals surface area contributed by atoms with E-state index in [0.29, 0.717) is 6.54 Å². The number of carbonyl (C=O) groups is 1. The normalized spacial score (nSPS) is 16.9. The summed E-state index contributed by atoms with van der Waals surface area (Å²) >= 11 is 7.13. The molecule has 5 nitrogen and oxygen atoms in total. The van der Waals surface area contributed by atoms with Crippen LogP contribution in [0.3, 0.4) is 0 Å². The quantitative estimate of drug-likeness (QED) is 0.464. The zero-order chi connectivity index (χ0) is 21.8. The van der Waals surface area contributed by atoms with Crippen molar-refractivity contribution in [2.75, 3.05) is 11.9 Å². The smallest absolute Gasteiger partial charge is 0.237 e. The SMILES string of the molecule is CC(Sc1ncc(-c2ccccc2)n1CC1CCCO1)C(=O)Nc1ccc(Cl)cc1F. The van der Waals surface area contributed by atoms with Crippen molar-refractivity contribution in [2.45, 2.75) is 42.8 Å². The lowest BCUT2D eigenvalue weighted by atomic mass is 10.1. The van der Waals surface area contributed by atoms with Gasteiger partial charge < -0.3 is 14.6 Å². The molecule has 0 spiro atoms. The van der Waals surface area contributed by atoms with Crippen molar-refractivity contribution in [2.24, 2.45) is 0 Å². The molecule has 2 unspecified atom stereocenters. The summed E-state index contributed by atoms with van der Waals surface area (Å²) in [6.07, 6.45) is 4.01. The fourth-order valence-electron chi connectivity index (χ4n) is 3.50. The fourth-order valence-corrected chi connectivity index (χ4v) is 4.55. The van der Waals surface area contributed by atoms with Crippen LogP contribution in [-0.4, -0.2) is 33.4 Å². The first-order valence-electron chi connectivity index (χ1n) is 10.2. The van der Waals surface area contributed by atoms with E-state index < -0.39 is 11.1 Å². The lowest BCUT2D eigenvalue weighted by Crippen LogP contribution is -2.24. The zero-order valence-corrected chi connectivity index (χ0v) is 18.6. The highest BCUT2D eigenvalue weighted by molar-refractivity contribution is 8.00. The van der Waals surface area contributed by atoms with Crippen LogP contribution in [0.5, 0.6) is 0 Å². The molecule has 1 fully saturated rings. The second-order valence-electron chi connectivity index (χ2n) is 7.41. The van der Waals surface area contributed by atoms with Crippen LogP contribution in [-0.2, 0) is 16.1 Å². The van der Waals surface area contributed by atoms with Gasteiger partial charge in [-0.05, 0) is 43.5 Å². The molecule has 2 heterocycles. The lowest BCUT2D eigenvalue weighted by molar-refractivity contribution is -0.115. The van der Waals surface area contributed by atoms with Crippen LogP contribution in [0.4, 0.5) is 10.1 Å². The molecule has 162 valence electrons. The molecule has 1 N–H and O–H groups in total. The fraction of sp³-hybridized carbons (Fsp3) is 0.304. The first kappa shape index (κ1) is 21.9. The molecule has 1 aromatic heterocycles. The first-order valence-corrected chi connectivity index (χ1v) is 11.4. The molecular formula is C23H23ClFN3O2S.